The molecule has 2 aromatic rings. The highest BCUT2D eigenvalue weighted by atomic mass is 35.5. The van der Waals surface area contributed by atoms with Crippen molar-refractivity contribution in [2.45, 2.75) is 0 Å². The van der Waals surface area contributed by atoms with Crippen molar-refractivity contribution in [3.63, 3.8) is 0 Å². The van der Waals surface area contributed by atoms with Gasteiger partial charge in [0, 0.05) is 5.56 Å². The van der Waals surface area contributed by atoms with Crippen LogP contribution in [0.4, 0.5) is 4.39 Å². The molecule has 0 saturated carbocycles. The van der Waals surface area contributed by atoms with E-state index < -0.39 is 11.7 Å². The molecule has 0 saturated heterocycles. The molecule has 0 fully saturated rings. The zero-order valence-corrected chi connectivity index (χ0v) is 10.6. The average molecular weight is 284 g/mol. The number of hydrogen-bond donors (Lipinski definition) is 1. The minimum Gasteiger partial charge on any atom is -0.365 e. The molecule has 0 aliphatic heterocycles. The zero-order chi connectivity index (χ0) is 13.3. The van der Waals surface area contributed by atoms with Gasteiger partial charge in [-0.1, -0.05) is 47.5 Å². The van der Waals surface area contributed by atoms with Crippen molar-refractivity contribution in [2.24, 2.45) is 5.73 Å². The lowest BCUT2D eigenvalue weighted by molar-refractivity contribution is 0.0997. The van der Waals surface area contributed by atoms with Crippen LogP contribution in [0.1, 0.15) is 10.4 Å². The molecule has 0 aromatic heterocycles. The molecule has 2 nitrogen and oxygen atoms in total. The van der Waals surface area contributed by atoms with Gasteiger partial charge >= 0.3 is 0 Å². The van der Waals surface area contributed by atoms with Gasteiger partial charge in [0.1, 0.15) is 5.82 Å². The summed E-state index contributed by atoms with van der Waals surface area (Å²) in [6, 6.07) is 9.14. The Labute approximate surface area is 113 Å². The van der Waals surface area contributed by atoms with Gasteiger partial charge in [-0.2, -0.15) is 0 Å². The van der Waals surface area contributed by atoms with Gasteiger partial charge in [0.15, 0.2) is 0 Å². The van der Waals surface area contributed by atoms with E-state index in [2.05, 4.69) is 0 Å². The number of nitrogens with two attached hydrogens (primary N) is 1. The highest BCUT2D eigenvalue weighted by molar-refractivity contribution is 6.43. The average Bonchev–Trinajstić information content (AvgIpc) is 2.32. The molecule has 0 bridgehead atoms. The summed E-state index contributed by atoms with van der Waals surface area (Å²) in [6.07, 6.45) is 0. The second-order valence-electron chi connectivity index (χ2n) is 3.63. The number of halogens is 3. The molecule has 2 aromatic carbocycles. The van der Waals surface area contributed by atoms with Gasteiger partial charge in [0.2, 0.25) is 0 Å². The Hall–Kier alpha value is -1.58. The maximum absolute atomic E-state index is 13.6. The van der Waals surface area contributed by atoms with Crippen LogP contribution in [0, 0.1) is 5.82 Å². The molecule has 0 heterocycles. The first kappa shape index (κ1) is 12.9. The number of benzene rings is 2. The fourth-order valence-corrected chi connectivity index (χ4v) is 2.11. The maximum atomic E-state index is 13.6. The predicted octanol–water partition coefficient (Wildman–Crippen LogP) is 3.90. The van der Waals surface area contributed by atoms with E-state index in [1.807, 2.05) is 0 Å². The van der Waals surface area contributed by atoms with E-state index in [-0.39, 0.29) is 10.6 Å². The lowest BCUT2D eigenvalue weighted by Crippen LogP contribution is -2.14. The van der Waals surface area contributed by atoms with Crippen LogP contribution in [-0.4, -0.2) is 5.91 Å². The number of rotatable bonds is 2. The smallest absolute Gasteiger partial charge is 0.252 e. The number of carbonyl (C=O) groups is 1. The predicted molar refractivity (Wildman–Crippen MR) is 70.4 cm³/mol. The lowest BCUT2D eigenvalue weighted by Gasteiger charge is -2.10. The summed E-state index contributed by atoms with van der Waals surface area (Å²) in [5, 5.41) is 0.584. The molecule has 92 valence electrons. The van der Waals surface area contributed by atoms with Crippen LogP contribution in [0.5, 0.6) is 0 Å². The monoisotopic (exact) mass is 283 g/mol. The standard InChI is InChI=1S/C13H8Cl2FNO/c14-9-5-1-4-8(12(9)15)7-3-2-6-10(16)11(7)13(17)18/h1-6H,(H2,17,18). The second-order valence-corrected chi connectivity index (χ2v) is 4.41. The molecular weight excluding hydrogens is 276 g/mol. The van der Waals surface area contributed by atoms with E-state index in [0.717, 1.165) is 0 Å². The van der Waals surface area contributed by atoms with Gasteiger partial charge in [-0.3, -0.25) is 4.79 Å². The highest BCUT2D eigenvalue weighted by Crippen LogP contribution is 2.35. The van der Waals surface area contributed by atoms with E-state index in [4.69, 9.17) is 28.9 Å². The van der Waals surface area contributed by atoms with Crippen LogP contribution in [0.15, 0.2) is 36.4 Å². The van der Waals surface area contributed by atoms with E-state index in [9.17, 15) is 9.18 Å². The SMILES string of the molecule is NC(=O)c1c(F)cccc1-c1cccc(Cl)c1Cl. The zero-order valence-electron chi connectivity index (χ0n) is 9.08. The van der Waals surface area contributed by atoms with Crippen LogP contribution >= 0.6 is 23.2 Å². The highest BCUT2D eigenvalue weighted by Gasteiger charge is 2.17. The summed E-state index contributed by atoms with van der Waals surface area (Å²) in [6.45, 7) is 0. The molecule has 2 rings (SSSR count). The summed E-state index contributed by atoms with van der Waals surface area (Å²) in [4.78, 5) is 11.3. The molecular formula is C13H8Cl2FNO. The minimum absolute atomic E-state index is 0.193. The first-order valence-corrected chi connectivity index (χ1v) is 5.80. The van der Waals surface area contributed by atoms with Crippen molar-refractivity contribution in [3.05, 3.63) is 57.8 Å². The first-order valence-electron chi connectivity index (χ1n) is 5.05. The molecule has 18 heavy (non-hydrogen) atoms. The Morgan fingerprint density at radius 2 is 1.67 bits per heavy atom. The maximum Gasteiger partial charge on any atom is 0.252 e. The molecule has 1 amide bonds. The van der Waals surface area contributed by atoms with E-state index >= 15 is 0 Å². The Kier molecular flexibility index (Phi) is 3.55. The van der Waals surface area contributed by atoms with Gasteiger partial charge < -0.3 is 5.73 Å². The molecule has 0 aliphatic carbocycles. The van der Waals surface area contributed by atoms with Crippen molar-refractivity contribution < 1.29 is 9.18 Å². The van der Waals surface area contributed by atoms with Gasteiger partial charge in [-0.05, 0) is 17.7 Å². The third kappa shape index (κ3) is 2.19. The fourth-order valence-electron chi connectivity index (χ4n) is 1.71. The van der Waals surface area contributed by atoms with Gasteiger partial charge in [-0.15, -0.1) is 0 Å². The molecule has 5 heteroatoms. The van der Waals surface area contributed by atoms with Crippen molar-refractivity contribution in [1.82, 2.24) is 0 Å². The van der Waals surface area contributed by atoms with Crippen molar-refractivity contribution >= 4 is 29.1 Å². The van der Waals surface area contributed by atoms with Crippen LogP contribution in [0.3, 0.4) is 0 Å². The summed E-state index contributed by atoms with van der Waals surface area (Å²) in [5.41, 5.74) is 5.79. The van der Waals surface area contributed by atoms with Gasteiger partial charge in [-0.25, -0.2) is 4.39 Å². The Balaban J connectivity index is 2.75. The largest absolute Gasteiger partial charge is 0.365 e. The molecule has 0 spiro atoms. The van der Waals surface area contributed by atoms with E-state index in [0.29, 0.717) is 16.1 Å². The normalized spacial score (nSPS) is 10.4. The molecule has 0 unspecified atom stereocenters. The van der Waals surface area contributed by atoms with Crippen LogP contribution in [0.25, 0.3) is 11.1 Å². The van der Waals surface area contributed by atoms with Crippen LogP contribution in [0.2, 0.25) is 10.0 Å². The number of primary amides is 1. The summed E-state index contributed by atoms with van der Waals surface area (Å²) in [5.74, 6) is -1.53. The second kappa shape index (κ2) is 4.96. The van der Waals surface area contributed by atoms with Crippen LogP contribution in [-0.2, 0) is 0 Å². The Bertz CT molecular complexity index is 628. The van der Waals surface area contributed by atoms with E-state index in [1.165, 1.54) is 12.1 Å². The molecule has 2 N–H and O–H groups in total. The number of amides is 1. The molecule has 0 aliphatic rings. The van der Waals surface area contributed by atoms with Crippen molar-refractivity contribution in [3.8, 4) is 11.1 Å². The Morgan fingerprint density at radius 3 is 2.33 bits per heavy atom. The quantitative estimate of drug-likeness (QED) is 0.893. The topological polar surface area (TPSA) is 43.1 Å². The molecule has 0 radical (unpaired) electrons. The van der Waals surface area contributed by atoms with Crippen LogP contribution < -0.4 is 5.73 Å². The third-order valence-corrected chi connectivity index (χ3v) is 3.32. The number of carbonyl (C=O) groups excluding carboxylic acids is 1. The molecule has 0 atom stereocenters. The summed E-state index contributed by atoms with van der Waals surface area (Å²) >= 11 is 11.9. The third-order valence-electron chi connectivity index (χ3n) is 2.50. The summed E-state index contributed by atoms with van der Waals surface area (Å²) in [7, 11) is 0. The number of hydrogen-bond acceptors (Lipinski definition) is 1. The van der Waals surface area contributed by atoms with Crippen molar-refractivity contribution in [1.29, 1.82) is 0 Å². The van der Waals surface area contributed by atoms with Crippen molar-refractivity contribution in [2.75, 3.05) is 0 Å². The summed E-state index contributed by atoms with van der Waals surface area (Å²) < 4.78 is 13.6. The van der Waals surface area contributed by atoms with Gasteiger partial charge in [0.05, 0.1) is 15.6 Å². The van der Waals surface area contributed by atoms with Gasteiger partial charge in [0.25, 0.3) is 5.91 Å². The Morgan fingerprint density at radius 1 is 1.06 bits per heavy atom. The van der Waals surface area contributed by atoms with E-state index in [1.54, 1.807) is 24.3 Å². The first-order chi connectivity index (χ1) is 8.52. The fraction of sp³-hybridized carbons (Fsp3) is 0. The lowest BCUT2D eigenvalue weighted by atomic mass is 9.99. The minimum atomic E-state index is -0.848.